The first kappa shape index (κ1) is 12.0. The Morgan fingerprint density at radius 1 is 1.22 bits per heavy atom. The molecular formula is C14H13NO3. The third-order valence-electron chi connectivity index (χ3n) is 2.66. The van der Waals surface area contributed by atoms with Gasteiger partial charge in [0, 0.05) is 11.1 Å². The van der Waals surface area contributed by atoms with Crippen LogP contribution in [0.1, 0.15) is 15.9 Å². The lowest BCUT2D eigenvalue weighted by atomic mass is 10.0. The van der Waals surface area contributed by atoms with Crippen LogP contribution in [0.25, 0.3) is 0 Å². The molecule has 0 aliphatic carbocycles. The quantitative estimate of drug-likeness (QED) is 0.492. The van der Waals surface area contributed by atoms with Gasteiger partial charge >= 0.3 is 0 Å². The fourth-order valence-electron chi connectivity index (χ4n) is 1.67. The van der Waals surface area contributed by atoms with Gasteiger partial charge in [-0.25, -0.2) is 0 Å². The number of hydrogen-bond donors (Lipinski definition) is 2. The SMILES string of the molecule is COc1cccc(C(=O)c2cccc(O)c2N)c1. The van der Waals surface area contributed by atoms with Crippen molar-refractivity contribution in [1.82, 2.24) is 0 Å². The van der Waals surface area contributed by atoms with Crippen molar-refractivity contribution in [3.63, 3.8) is 0 Å². The maximum atomic E-state index is 12.2. The molecule has 4 nitrogen and oxygen atoms in total. The summed E-state index contributed by atoms with van der Waals surface area (Å²) in [5, 5.41) is 9.49. The molecule has 0 amide bonds. The highest BCUT2D eigenvalue weighted by atomic mass is 16.5. The van der Waals surface area contributed by atoms with Crippen LogP contribution in [0.4, 0.5) is 5.69 Å². The van der Waals surface area contributed by atoms with Crippen LogP contribution >= 0.6 is 0 Å². The van der Waals surface area contributed by atoms with Crippen LogP contribution in [-0.2, 0) is 0 Å². The van der Waals surface area contributed by atoms with E-state index in [9.17, 15) is 9.90 Å². The second kappa shape index (κ2) is 4.79. The van der Waals surface area contributed by atoms with E-state index < -0.39 is 0 Å². The lowest BCUT2D eigenvalue weighted by Crippen LogP contribution is -2.05. The van der Waals surface area contributed by atoms with Crippen LogP contribution in [0.15, 0.2) is 42.5 Å². The highest BCUT2D eigenvalue weighted by Crippen LogP contribution is 2.26. The van der Waals surface area contributed by atoms with E-state index in [1.54, 1.807) is 36.4 Å². The van der Waals surface area contributed by atoms with Crippen LogP contribution in [0, 0.1) is 0 Å². The maximum Gasteiger partial charge on any atom is 0.195 e. The maximum absolute atomic E-state index is 12.2. The number of carbonyl (C=O) groups excluding carboxylic acids is 1. The molecule has 0 aliphatic heterocycles. The number of anilines is 1. The Morgan fingerprint density at radius 3 is 2.67 bits per heavy atom. The predicted molar refractivity (Wildman–Crippen MR) is 68.9 cm³/mol. The summed E-state index contributed by atoms with van der Waals surface area (Å²) >= 11 is 0. The Kier molecular flexibility index (Phi) is 3.19. The van der Waals surface area contributed by atoms with Gasteiger partial charge in [0.25, 0.3) is 0 Å². The van der Waals surface area contributed by atoms with Crippen LogP contribution < -0.4 is 10.5 Å². The van der Waals surface area contributed by atoms with Crippen LogP contribution in [-0.4, -0.2) is 18.0 Å². The van der Waals surface area contributed by atoms with E-state index in [1.165, 1.54) is 13.2 Å². The molecule has 0 saturated carbocycles. The van der Waals surface area contributed by atoms with Crippen molar-refractivity contribution < 1.29 is 14.6 Å². The number of phenolic OH excluding ortho intramolecular Hbond substituents is 1. The largest absolute Gasteiger partial charge is 0.506 e. The first-order valence-electron chi connectivity index (χ1n) is 5.39. The number of rotatable bonds is 3. The highest BCUT2D eigenvalue weighted by molar-refractivity contribution is 6.12. The fourth-order valence-corrected chi connectivity index (χ4v) is 1.67. The standard InChI is InChI=1S/C14H13NO3/c1-18-10-5-2-4-9(8-10)14(17)11-6-3-7-12(16)13(11)15/h2-8,16H,15H2,1H3. The molecule has 0 radical (unpaired) electrons. The number of aromatic hydroxyl groups is 1. The van der Waals surface area contributed by atoms with Crippen LogP contribution in [0.2, 0.25) is 0 Å². The summed E-state index contributed by atoms with van der Waals surface area (Å²) in [6.07, 6.45) is 0. The van der Waals surface area contributed by atoms with E-state index in [0.717, 1.165) is 0 Å². The number of nitrogens with two attached hydrogens (primary N) is 1. The first-order valence-corrected chi connectivity index (χ1v) is 5.39. The Morgan fingerprint density at radius 2 is 1.94 bits per heavy atom. The number of phenols is 1. The van der Waals surface area contributed by atoms with Crippen LogP contribution in [0.3, 0.4) is 0 Å². The average Bonchev–Trinajstić information content (AvgIpc) is 2.41. The van der Waals surface area contributed by atoms with E-state index in [-0.39, 0.29) is 22.8 Å². The normalized spacial score (nSPS) is 10.1. The van der Waals surface area contributed by atoms with Crippen molar-refractivity contribution in [2.24, 2.45) is 0 Å². The molecule has 0 spiro atoms. The summed E-state index contributed by atoms with van der Waals surface area (Å²) in [4.78, 5) is 12.2. The van der Waals surface area contributed by atoms with Gasteiger partial charge in [0.05, 0.1) is 12.8 Å². The van der Waals surface area contributed by atoms with E-state index in [2.05, 4.69) is 0 Å². The van der Waals surface area contributed by atoms with E-state index in [0.29, 0.717) is 11.3 Å². The summed E-state index contributed by atoms with van der Waals surface area (Å²) < 4.78 is 5.06. The molecule has 92 valence electrons. The minimum absolute atomic E-state index is 0.0883. The molecule has 0 atom stereocenters. The van der Waals surface area contributed by atoms with Crippen molar-refractivity contribution in [1.29, 1.82) is 0 Å². The summed E-state index contributed by atoms with van der Waals surface area (Å²) in [5.74, 6) is 0.255. The monoisotopic (exact) mass is 243 g/mol. The summed E-state index contributed by atoms with van der Waals surface area (Å²) in [5.41, 5.74) is 6.52. The Hall–Kier alpha value is -2.49. The Labute approximate surface area is 105 Å². The highest BCUT2D eigenvalue weighted by Gasteiger charge is 2.14. The zero-order valence-corrected chi connectivity index (χ0v) is 9.88. The van der Waals surface area contributed by atoms with Gasteiger partial charge in [-0.3, -0.25) is 4.79 Å². The molecule has 0 aromatic heterocycles. The van der Waals surface area contributed by atoms with Gasteiger partial charge in [0.1, 0.15) is 11.5 Å². The topological polar surface area (TPSA) is 72.5 Å². The van der Waals surface area contributed by atoms with Gasteiger partial charge in [-0.05, 0) is 24.3 Å². The zero-order chi connectivity index (χ0) is 13.1. The van der Waals surface area contributed by atoms with Gasteiger partial charge < -0.3 is 15.6 Å². The van der Waals surface area contributed by atoms with Gasteiger partial charge in [-0.1, -0.05) is 18.2 Å². The second-order valence-corrected chi connectivity index (χ2v) is 3.80. The number of carbonyl (C=O) groups is 1. The Bertz CT molecular complexity index is 593. The zero-order valence-electron chi connectivity index (χ0n) is 9.88. The van der Waals surface area contributed by atoms with E-state index >= 15 is 0 Å². The fraction of sp³-hybridized carbons (Fsp3) is 0.0714. The first-order chi connectivity index (χ1) is 8.63. The molecule has 0 saturated heterocycles. The molecule has 4 heteroatoms. The molecule has 0 unspecified atom stereocenters. The molecule has 18 heavy (non-hydrogen) atoms. The summed E-state index contributed by atoms with van der Waals surface area (Å²) in [6.45, 7) is 0. The van der Waals surface area contributed by atoms with Crippen molar-refractivity contribution in [3.05, 3.63) is 53.6 Å². The molecule has 0 aliphatic rings. The van der Waals surface area contributed by atoms with Crippen molar-refractivity contribution in [3.8, 4) is 11.5 Å². The van der Waals surface area contributed by atoms with Gasteiger partial charge in [0.2, 0.25) is 0 Å². The summed E-state index contributed by atoms with van der Waals surface area (Å²) in [7, 11) is 1.53. The third-order valence-corrected chi connectivity index (χ3v) is 2.66. The number of para-hydroxylation sites is 1. The molecule has 2 aromatic rings. The number of methoxy groups -OCH3 is 1. The smallest absolute Gasteiger partial charge is 0.195 e. The minimum Gasteiger partial charge on any atom is -0.506 e. The summed E-state index contributed by atoms with van der Waals surface area (Å²) in [6, 6.07) is 11.4. The number of nitrogen functional groups attached to an aromatic ring is 1. The van der Waals surface area contributed by atoms with Crippen molar-refractivity contribution in [2.45, 2.75) is 0 Å². The molecular weight excluding hydrogens is 230 g/mol. The number of benzene rings is 2. The molecule has 0 bridgehead atoms. The molecule has 3 N–H and O–H groups in total. The van der Waals surface area contributed by atoms with Crippen molar-refractivity contribution >= 4 is 11.5 Å². The van der Waals surface area contributed by atoms with Gasteiger partial charge in [-0.2, -0.15) is 0 Å². The van der Waals surface area contributed by atoms with Gasteiger partial charge in [-0.15, -0.1) is 0 Å². The number of ether oxygens (including phenoxy) is 1. The lowest BCUT2D eigenvalue weighted by molar-refractivity contribution is 0.103. The minimum atomic E-state index is -0.248. The third kappa shape index (κ3) is 2.13. The van der Waals surface area contributed by atoms with E-state index in [4.69, 9.17) is 10.5 Å². The number of hydrogen-bond acceptors (Lipinski definition) is 4. The predicted octanol–water partition coefficient (Wildman–Crippen LogP) is 2.21. The molecule has 0 heterocycles. The second-order valence-electron chi connectivity index (χ2n) is 3.80. The average molecular weight is 243 g/mol. The van der Waals surface area contributed by atoms with E-state index in [1.807, 2.05) is 0 Å². The van der Waals surface area contributed by atoms with Crippen LogP contribution in [0.5, 0.6) is 11.5 Å². The Balaban J connectivity index is 2.44. The molecule has 2 aromatic carbocycles. The molecule has 0 fully saturated rings. The molecule has 2 rings (SSSR count). The van der Waals surface area contributed by atoms with Gasteiger partial charge in [0.15, 0.2) is 5.78 Å². The van der Waals surface area contributed by atoms with Crippen molar-refractivity contribution in [2.75, 3.05) is 12.8 Å². The number of ketones is 1. The lowest BCUT2D eigenvalue weighted by Gasteiger charge is -2.07.